The van der Waals surface area contributed by atoms with Crippen LogP contribution in [0.1, 0.15) is 5.56 Å². The lowest BCUT2D eigenvalue weighted by atomic mass is 10.2. The second-order valence-corrected chi connectivity index (χ2v) is 4.19. The molecule has 0 spiro atoms. The average molecular weight is 332 g/mol. The van der Waals surface area contributed by atoms with Gasteiger partial charge in [0.1, 0.15) is 6.54 Å². The first-order valence-electron chi connectivity index (χ1n) is 6.10. The molecule has 23 heavy (non-hydrogen) atoms. The number of esters is 1. The molecule has 0 unspecified atom stereocenters. The fourth-order valence-corrected chi connectivity index (χ4v) is 1.34. The van der Waals surface area contributed by atoms with Gasteiger partial charge in [-0.3, -0.25) is 14.9 Å². The third kappa shape index (κ3) is 7.60. The molecular weight excluding hydrogens is 321 g/mol. The van der Waals surface area contributed by atoms with Gasteiger partial charge in [0.05, 0.1) is 4.92 Å². The van der Waals surface area contributed by atoms with Crippen LogP contribution < -0.4 is 5.32 Å². The SMILES string of the molecule is O=C(COC(=O)/C=C/c1cccc([N+](=O)[O-])c1)NCC(F)(F)F. The van der Waals surface area contributed by atoms with Crippen LogP contribution in [0.3, 0.4) is 0 Å². The second-order valence-electron chi connectivity index (χ2n) is 4.19. The van der Waals surface area contributed by atoms with Gasteiger partial charge in [-0.15, -0.1) is 0 Å². The lowest BCUT2D eigenvalue weighted by Crippen LogP contribution is -2.36. The van der Waals surface area contributed by atoms with Crippen molar-refractivity contribution in [1.82, 2.24) is 5.32 Å². The van der Waals surface area contributed by atoms with Crippen LogP contribution in [0.15, 0.2) is 30.3 Å². The van der Waals surface area contributed by atoms with E-state index in [4.69, 9.17) is 0 Å². The Hall–Kier alpha value is -2.91. The van der Waals surface area contributed by atoms with Crippen LogP contribution >= 0.6 is 0 Å². The molecule has 1 N–H and O–H groups in total. The van der Waals surface area contributed by atoms with Crippen LogP contribution in [0.2, 0.25) is 0 Å². The van der Waals surface area contributed by atoms with Crippen molar-refractivity contribution in [2.45, 2.75) is 6.18 Å². The van der Waals surface area contributed by atoms with Crippen LogP contribution in [0.5, 0.6) is 0 Å². The first kappa shape index (κ1) is 18.1. The second kappa shape index (κ2) is 7.92. The number of rotatable bonds is 6. The molecule has 0 aromatic heterocycles. The third-order valence-electron chi connectivity index (χ3n) is 2.32. The number of nitrogens with zero attached hydrogens (tertiary/aromatic N) is 1. The van der Waals surface area contributed by atoms with E-state index in [0.717, 1.165) is 6.08 Å². The normalized spacial score (nSPS) is 11.3. The Balaban J connectivity index is 2.46. The van der Waals surface area contributed by atoms with Crippen molar-refractivity contribution in [3.63, 3.8) is 0 Å². The first-order valence-corrected chi connectivity index (χ1v) is 6.10. The van der Waals surface area contributed by atoms with E-state index >= 15 is 0 Å². The average Bonchev–Trinajstić information content (AvgIpc) is 2.48. The molecule has 0 aliphatic heterocycles. The number of nitrogens with one attached hydrogen (secondary N) is 1. The van der Waals surface area contributed by atoms with Gasteiger partial charge in [0.15, 0.2) is 6.61 Å². The molecule has 0 heterocycles. The summed E-state index contributed by atoms with van der Waals surface area (Å²) in [6.45, 7) is -2.39. The maximum absolute atomic E-state index is 11.8. The predicted octanol–water partition coefficient (Wildman–Crippen LogP) is 1.83. The van der Waals surface area contributed by atoms with Crippen molar-refractivity contribution in [1.29, 1.82) is 0 Å². The van der Waals surface area contributed by atoms with Crippen molar-refractivity contribution in [2.75, 3.05) is 13.2 Å². The molecule has 0 aliphatic carbocycles. The van der Waals surface area contributed by atoms with Crippen molar-refractivity contribution in [3.05, 3.63) is 46.0 Å². The monoisotopic (exact) mass is 332 g/mol. The Labute approximate surface area is 127 Å². The molecule has 0 radical (unpaired) electrons. The molecular formula is C13H11F3N2O5. The zero-order chi connectivity index (χ0) is 17.5. The topological polar surface area (TPSA) is 98.5 Å². The number of alkyl halides is 3. The van der Waals surface area contributed by atoms with Gasteiger partial charge in [-0.05, 0) is 11.6 Å². The van der Waals surface area contributed by atoms with E-state index < -0.39 is 36.1 Å². The number of benzene rings is 1. The van der Waals surface area contributed by atoms with E-state index in [1.54, 1.807) is 0 Å². The van der Waals surface area contributed by atoms with Crippen LogP contribution in [-0.2, 0) is 14.3 Å². The summed E-state index contributed by atoms with van der Waals surface area (Å²) in [6.07, 6.45) is -2.44. The Morgan fingerprint density at radius 3 is 2.65 bits per heavy atom. The van der Waals surface area contributed by atoms with E-state index in [2.05, 4.69) is 4.74 Å². The fourth-order valence-electron chi connectivity index (χ4n) is 1.34. The maximum atomic E-state index is 11.8. The van der Waals surface area contributed by atoms with Crippen molar-refractivity contribution < 1.29 is 32.4 Å². The predicted molar refractivity (Wildman–Crippen MR) is 72.2 cm³/mol. The van der Waals surface area contributed by atoms with E-state index in [1.165, 1.54) is 35.7 Å². The summed E-state index contributed by atoms with van der Waals surface area (Å²) in [5.74, 6) is -2.07. The van der Waals surface area contributed by atoms with E-state index in [0.29, 0.717) is 5.56 Å². The van der Waals surface area contributed by atoms with Gasteiger partial charge in [0.25, 0.3) is 11.6 Å². The fraction of sp³-hybridized carbons (Fsp3) is 0.231. The van der Waals surface area contributed by atoms with Crippen LogP contribution in [0.25, 0.3) is 6.08 Å². The molecule has 10 heteroatoms. The number of nitro benzene ring substituents is 1. The van der Waals surface area contributed by atoms with E-state index in [1.807, 2.05) is 0 Å². The van der Waals surface area contributed by atoms with Gasteiger partial charge in [-0.2, -0.15) is 13.2 Å². The summed E-state index contributed by atoms with van der Waals surface area (Å²) in [5, 5.41) is 12.1. The zero-order valence-electron chi connectivity index (χ0n) is 11.5. The molecule has 0 atom stereocenters. The van der Waals surface area contributed by atoms with E-state index in [9.17, 15) is 32.9 Å². The summed E-state index contributed by atoms with van der Waals surface area (Å²) in [7, 11) is 0. The molecule has 1 amide bonds. The smallest absolute Gasteiger partial charge is 0.405 e. The molecule has 0 saturated carbocycles. The highest BCUT2D eigenvalue weighted by Gasteiger charge is 2.27. The molecule has 1 aromatic rings. The van der Waals surface area contributed by atoms with Crippen LogP contribution in [0.4, 0.5) is 18.9 Å². The number of amides is 1. The standard InChI is InChI=1S/C13H11F3N2O5/c14-13(15,16)8-17-11(19)7-23-12(20)5-4-9-2-1-3-10(6-9)18(21)22/h1-6H,7-8H2,(H,17,19)/b5-4+. The third-order valence-corrected chi connectivity index (χ3v) is 2.32. The maximum Gasteiger partial charge on any atom is 0.405 e. The van der Waals surface area contributed by atoms with Crippen LogP contribution in [-0.4, -0.2) is 36.1 Å². The molecule has 0 aliphatic rings. The Morgan fingerprint density at radius 2 is 2.04 bits per heavy atom. The molecule has 0 saturated heterocycles. The number of hydrogen-bond acceptors (Lipinski definition) is 5. The van der Waals surface area contributed by atoms with Gasteiger partial charge in [0.2, 0.25) is 0 Å². The number of non-ortho nitro benzene ring substituents is 1. The van der Waals surface area contributed by atoms with Gasteiger partial charge in [0, 0.05) is 18.2 Å². The quantitative estimate of drug-likeness (QED) is 0.371. The minimum Gasteiger partial charge on any atom is -0.452 e. The van der Waals surface area contributed by atoms with Crippen molar-refractivity contribution in [2.24, 2.45) is 0 Å². The summed E-state index contributed by atoms with van der Waals surface area (Å²) in [4.78, 5) is 32.3. The molecule has 1 aromatic carbocycles. The first-order chi connectivity index (χ1) is 10.7. The minimum absolute atomic E-state index is 0.174. The van der Waals surface area contributed by atoms with Gasteiger partial charge in [-0.1, -0.05) is 12.1 Å². The lowest BCUT2D eigenvalue weighted by Gasteiger charge is -2.07. The summed E-state index contributed by atoms with van der Waals surface area (Å²) >= 11 is 0. The zero-order valence-corrected chi connectivity index (χ0v) is 11.5. The minimum atomic E-state index is -4.55. The highest BCUT2D eigenvalue weighted by atomic mass is 19.4. The summed E-state index contributed by atoms with van der Waals surface area (Å²) < 4.78 is 39.9. The Bertz CT molecular complexity index is 628. The Kier molecular flexibility index (Phi) is 6.24. The highest BCUT2D eigenvalue weighted by molar-refractivity contribution is 5.89. The number of halogens is 3. The molecule has 7 nitrogen and oxygen atoms in total. The Morgan fingerprint density at radius 1 is 1.35 bits per heavy atom. The highest BCUT2D eigenvalue weighted by Crippen LogP contribution is 2.14. The van der Waals surface area contributed by atoms with Gasteiger partial charge >= 0.3 is 12.1 Å². The summed E-state index contributed by atoms with van der Waals surface area (Å²) in [5.41, 5.74) is 0.171. The molecule has 1 rings (SSSR count). The number of nitro groups is 1. The molecule has 0 fully saturated rings. The molecule has 0 bridgehead atoms. The number of ether oxygens (including phenoxy) is 1. The van der Waals surface area contributed by atoms with E-state index in [-0.39, 0.29) is 5.69 Å². The molecule has 124 valence electrons. The van der Waals surface area contributed by atoms with Gasteiger partial charge in [-0.25, -0.2) is 4.79 Å². The van der Waals surface area contributed by atoms with Gasteiger partial charge < -0.3 is 10.1 Å². The number of carbonyl (C=O) groups excluding carboxylic acids is 2. The number of hydrogen-bond donors (Lipinski definition) is 1. The number of carbonyl (C=O) groups is 2. The lowest BCUT2D eigenvalue weighted by molar-refractivity contribution is -0.384. The van der Waals surface area contributed by atoms with Crippen molar-refractivity contribution >= 4 is 23.6 Å². The summed E-state index contributed by atoms with van der Waals surface area (Å²) in [6, 6.07) is 5.38. The van der Waals surface area contributed by atoms with Crippen molar-refractivity contribution in [3.8, 4) is 0 Å². The van der Waals surface area contributed by atoms with Crippen LogP contribution in [0, 0.1) is 10.1 Å². The largest absolute Gasteiger partial charge is 0.452 e.